The van der Waals surface area contributed by atoms with Gasteiger partial charge in [0.2, 0.25) is 11.7 Å². The van der Waals surface area contributed by atoms with Gasteiger partial charge in [0, 0.05) is 37.1 Å². The summed E-state index contributed by atoms with van der Waals surface area (Å²) in [5.41, 5.74) is 2.30. The van der Waals surface area contributed by atoms with Gasteiger partial charge < -0.3 is 9.88 Å². The molecule has 1 N–H and O–H groups in total. The zero-order valence-corrected chi connectivity index (χ0v) is 16.0. The minimum Gasteiger partial charge on any atom is -0.350 e. The van der Waals surface area contributed by atoms with Gasteiger partial charge in [-0.25, -0.2) is 4.98 Å². The van der Waals surface area contributed by atoms with Crippen molar-refractivity contribution in [3.05, 3.63) is 70.4 Å². The van der Waals surface area contributed by atoms with Crippen molar-refractivity contribution < 1.29 is 4.79 Å². The molecule has 0 aliphatic heterocycles. The smallest absolute Gasteiger partial charge is 0.225 e. The standard InChI is InChI=1S/C21H19N5OS/c27-19(17-4-2-10-28-17)18-16-7-9-26(13-14-5-6-14)20(16)25-21(24-18)23-12-15-3-1-8-22-11-15/h1-4,7-11,14H,5-6,12-13H2,(H,23,24,25). The maximum Gasteiger partial charge on any atom is 0.225 e. The molecule has 0 aromatic carbocycles. The minimum atomic E-state index is -0.0593. The first-order valence-corrected chi connectivity index (χ1v) is 10.2. The quantitative estimate of drug-likeness (QED) is 0.481. The lowest BCUT2D eigenvalue weighted by molar-refractivity contribution is 0.103. The van der Waals surface area contributed by atoms with Crippen molar-refractivity contribution in [1.29, 1.82) is 0 Å². The van der Waals surface area contributed by atoms with Crippen LogP contribution >= 0.6 is 11.3 Å². The van der Waals surface area contributed by atoms with Crippen molar-refractivity contribution in [2.75, 3.05) is 5.32 Å². The summed E-state index contributed by atoms with van der Waals surface area (Å²) in [6, 6.07) is 9.57. The highest BCUT2D eigenvalue weighted by Crippen LogP contribution is 2.32. The summed E-state index contributed by atoms with van der Waals surface area (Å²) in [6.07, 6.45) is 8.09. The Morgan fingerprint density at radius 2 is 2.14 bits per heavy atom. The molecule has 0 amide bonds. The molecule has 6 nitrogen and oxygen atoms in total. The Morgan fingerprint density at radius 1 is 1.21 bits per heavy atom. The minimum absolute atomic E-state index is 0.0593. The van der Waals surface area contributed by atoms with Gasteiger partial charge in [0.25, 0.3) is 0 Å². The lowest BCUT2D eigenvalue weighted by Crippen LogP contribution is -2.11. The zero-order chi connectivity index (χ0) is 18.9. The van der Waals surface area contributed by atoms with Crippen molar-refractivity contribution in [3.63, 3.8) is 0 Å². The number of thiophene rings is 1. The summed E-state index contributed by atoms with van der Waals surface area (Å²) < 4.78 is 2.15. The van der Waals surface area contributed by atoms with Crippen LogP contribution in [-0.2, 0) is 13.1 Å². The summed E-state index contributed by atoms with van der Waals surface area (Å²) in [4.78, 5) is 27.2. The molecule has 140 valence electrons. The van der Waals surface area contributed by atoms with Crippen molar-refractivity contribution in [1.82, 2.24) is 19.5 Å². The highest BCUT2D eigenvalue weighted by molar-refractivity contribution is 7.12. The average Bonchev–Trinajstić information content (AvgIpc) is 3.21. The van der Waals surface area contributed by atoms with E-state index in [0.717, 1.165) is 23.1 Å². The second-order valence-electron chi connectivity index (χ2n) is 7.07. The number of rotatable bonds is 7. The molecule has 0 unspecified atom stereocenters. The summed E-state index contributed by atoms with van der Waals surface area (Å²) in [6.45, 7) is 1.49. The number of ketones is 1. The number of fused-ring (bicyclic) bond motifs is 1. The van der Waals surface area contributed by atoms with E-state index < -0.39 is 0 Å². The third kappa shape index (κ3) is 3.41. The number of nitrogens with zero attached hydrogens (tertiary/aromatic N) is 4. The van der Waals surface area contributed by atoms with Crippen LogP contribution in [0.2, 0.25) is 0 Å². The van der Waals surface area contributed by atoms with Gasteiger partial charge in [-0.1, -0.05) is 12.1 Å². The molecule has 1 aliphatic rings. The Kier molecular flexibility index (Phi) is 4.37. The van der Waals surface area contributed by atoms with E-state index in [4.69, 9.17) is 4.98 Å². The fourth-order valence-corrected chi connectivity index (χ4v) is 3.92. The molecule has 0 atom stereocenters. The molecule has 7 heteroatoms. The van der Waals surface area contributed by atoms with Crippen LogP contribution in [0.25, 0.3) is 11.0 Å². The number of pyridine rings is 1. The summed E-state index contributed by atoms with van der Waals surface area (Å²) in [7, 11) is 0. The zero-order valence-electron chi connectivity index (χ0n) is 15.2. The third-order valence-corrected chi connectivity index (χ3v) is 5.77. The van der Waals surface area contributed by atoms with E-state index in [1.165, 1.54) is 24.2 Å². The fraction of sp³-hybridized carbons (Fsp3) is 0.238. The van der Waals surface area contributed by atoms with Crippen LogP contribution in [0.4, 0.5) is 5.95 Å². The predicted octanol–water partition coefficient (Wildman–Crippen LogP) is 4.14. The molecule has 4 aromatic heterocycles. The second kappa shape index (κ2) is 7.16. The molecule has 0 bridgehead atoms. The lowest BCUT2D eigenvalue weighted by Gasteiger charge is -2.09. The first-order chi connectivity index (χ1) is 13.8. The Bertz CT molecular complexity index is 1120. The Balaban J connectivity index is 1.54. The van der Waals surface area contributed by atoms with Crippen LogP contribution < -0.4 is 5.32 Å². The maximum atomic E-state index is 13.1. The second-order valence-corrected chi connectivity index (χ2v) is 8.01. The maximum absolute atomic E-state index is 13.1. The molecule has 5 rings (SSSR count). The van der Waals surface area contributed by atoms with E-state index in [-0.39, 0.29) is 5.78 Å². The van der Waals surface area contributed by atoms with E-state index >= 15 is 0 Å². The molecule has 4 heterocycles. The molecule has 0 spiro atoms. The third-order valence-electron chi connectivity index (χ3n) is 4.90. The van der Waals surface area contributed by atoms with Gasteiger partial charge >= 0.3 is 0 Å². The average molecular weight is 389 g/mol. The highest BCUT2D eigenvalue weighted by Gasteiger charge is 2.24. The fourth-order valence-electron chi connectivity index (χ4n) is 3.25. The number of nitrogens with one attached hydrogen (secondary N) is 1. The molecule has 0 saturated heterocycles. The van der Waals surface area contributed by atoms with Crippen LogP contribution in [0.5, 0.6) is 0 Å². The highest BCUT2D eigenvalue weighted by atomic mass is 32.1. The molecule has 0 radical (unpaired) electrons. The van der Waals surface area contributed by atoms with Crippen molar-refractivity contribution in [3.8, 4) is 0 Å². The van der Waals surface area contributed by atoms with E-state index in [9.17, 15) is 4.79 Å². The molecule has 1 saturated carbocycles. The van der Waals surface area contributed by atoms with Crippen LogP contribution in [-0.4, -0.2) is 25.3 Å². The van der Waals surface area contributed by atoms with Crippen molar-refractivity contribution >= 4 is 34.1 Å². The number of anilines is 1. The number of carbonyl (C=O) groups is 1. The van der Waals surface area contributed by atoms with Crippen LogP contribution in [0.1, 0.15) is 33.8 Å². The lowest BCUT2D eigenvalue weighted by atomic mass is 10.2. The van der Waals surface area contributed by atoms with Gasteiger partial charge in [0.05, 0.1) is 4.88 Å². The van der Waals surface area contributed by atoms with Gasteiger partial charge in [-0.15, -0.1) is 11.3 Å². The van der Waals surface area contributed by atoms with Gasteiger partial charge in [0.15, 0.2) is 0 Å². The van der Waals surface area contributed by atoms with Crippen molar-refractivity contribution in [2.45, 2.75) is 25.9 Å². The molecular weight excluding hydrogens is 370 g/mol. The van der Waals surface area contributed by atoms with Gasteiger partial charge in [-0.3, -0.25) is 9.78 Å². The Morgan fingerprint density at radius 3 is 2.89 bits per heavy atom. The number of aromatic nitrogens is 4. The Labute approximate surface area is 166 Å². The molecule has 1 fully saturated rings. The summed E-state index contributed by atoms with van der Waals surface area (Å²) in [5.74, 6) is 1.12. The topological polar surface area (TPSA) is 72.7 Å². The van der Waals surface area contributed by atoms with Crippen molar-refractivity contribution in [2.24, 2.45) is 5.92 Å². The predicted molar refractivity (Wildman–Crippen MR) is 110 cm³/mol. The van der Waals surface area contributed by atoms with Crippen LogP contribution in [0.3, 0.4) is 0 Å². The Hall–Kier alpha value is -3.06. The molecular formula is C21H19N5OS. The normalized spacial score (nSPS) is 13.7. The number of hydrogen-bond acceptors (Lipinski definition) is 6. The molecule has 1 aliphatic carbocycles. The largest absolute Gasteiger partial charge is 0.350 e. The van der Waals surface area contributed by atoms with E-state index in [1.807, 2.05) is 41.9 Å². The summed E-state index contributed by atoms with van der Waals surface area (Å²) >= 11 is 1.43. The monoisotopic (exact) mass is 389 g/mol. The van der Waals surface area contributed by atoms with E-state index in [1.54, 1.807) is 12.4 Å². The molecule has 28 heavy (non-hydrogen) atoms. The SMILES string of the molecule is O=C(c1cccs1)c1nc(NCc2cccnc2)nc2c1ccn2CC1CC1. The number of hydrogen-bond donors (Lipinski definition) is 1. The first kappa shape index (κ1) is 17.1. The van der Waals surface area contributed by atoms with Gasteiger partial charge in [-0.2, -0.15) is 4.98 Å². The summed E-state index contributed by atoms with van der Waals surface area (Å²) in [5, 5.41) is 5.97. The van der Waals surface area contributed by atoms with Crippen LogP contribution in [0, 0.1) is 5.92 Å². The van der Waals surface area contributed by atoms with Crippen LogP contribution in [0.15, 0.2) is 54.3 Å². The number of carbonyl (C=O) groups excluding carboxylic acids is 1. The first-order valence-electron chi connectivity index (χ1n) is 9.36. The van der Waals surface area contributed by atoms with Gasteiger partial charge in [-0.05, 0) is 47.9 Å². The van der Waals surface area contributed by atoms with Gasteiger partial charge in [0.1, 0.15) is 11.3 Å². The van der Waals surface area contributed by atoms with E-state index in [0.29, 0.717) is 29.0 Å². The van der Waals surface area contributed by atoms with E-state index in [2.05, 4.69) is 19.9 Å². The molecule has 4 aromatic rings.